The highest BCUT2D eigenvalue weighted by atomic mass is 16.5. The Balaban J connectivity index is 1.91. The molecule has 1 aliphatic rings. The molecule has 1 heterocycles. The number of hydrogen-bond acceptors (Lipinski definition) is 2. The molecule has 1 saturated carbocycles. The Kier molecular flexibility index (Phi) is 3.25. The monoisotopic (exact) mass is 258 g/mol. The number of nitrogens with zero attached hydrogens (tertiary/aromatic N) is 1. The minimum absolute atomic E-state index is 0.0299. The van der Waals surface area contributed by atoms with E-state index in [1.807, 2.05) is 42.0 Å². The van der Waals surface area contributed by atoms with Crippen LogP contribution in [0.3, 0.4) is 0 Å². The van der Waals surface area contributed by atoms with E-state index in [4.69, 9.17) is 4.74 Å². The predicted octanol–water partition coefficient (Wildman–Crippen LogP) is 2.53. The second kappa shape index (κ2) is 5.05. The van der Waals surface area contributed by atoms with Gasteiger partial charge in [-0.1, -0.05) is 6.07 Å². The molecule has 0 bridgehead atoms. The summed E-state index contributed by atoms with van der Waals surface area (Å²) >= 11 is 0. The highest BCUT2D eigenvalue weighted by Gasteiger charge is 2.24. The van der Waals surface area contributed by atoms with Crippen LogP contribution < -0.4 is 5.32 Å². The van der Waals surface area contributed by atoms with Crippen LogP contribution in [0.5, 0.6) is 0 Å². The third kappa shape index (κ3) is 2.49. The van der Waals surface area contributed by atoms with Gasteiger partial charge in [0.25, 0.3) is 5.91 Å². The molecule has 0 atom stereocenters. The van der Waals surface area contributed by atoms with Gasteiger partial charge in [0.1, 0.15) is 6.73 Å². The van der Waals surface area contributed by atoms with E-state index in [9.17, 15) is 4.79 Å². The summed E-state index contributed by atoms with van der Waals surface area (Å²) in [6, 6.07) is 8.18. The maximum absolute atomic E-state index is 12.2. The molecule has 1 amide bonds. The first-order chi connectivity index (χ1) is 9.29. The summed E-state index contributed by atoms with van der Waals surface area (Å²) in [7, 11) is 0. The maximum Gasteiger partial charge on any atom is 0.252 e. The fourth-order valence-corrected chi connectivity index (χ4v) is 2.21. The summed E-state index contributed by atoms with van der Waals surface area (Å²) in [6.45, 7) is 3.18. The molecule has 1 aromatic heterocycles. The lowest BCUT2D eigenvalue weighted by Crippen LogP contribution is -2.25. The molecule has 100 valence electrons. The molecule has 0 unspecified atom stereocenters. The van der Waals surface area contributed by atoms with Gasteiger partial charge in [0.2, 0.25) is 0 Å². The smallest absolute Gasteiger partial charge is 0.252 e. The average Bonchev–Trinajstić information content (AvgIpc) is 3.14. The number of rotatable bonds is 5. The van der Waals surface area contributed by atoms with E-state index in [2.05, 4.69) is 5.32 Å². The van der Waals surface area contributed by atoms with Crippen molar-refractivity contribution in [3.05, 3.63) is 36.0 Å². The Bertz CT molecular complexity index is 599. The second-order valence-corrected chi connectivity index (χ2v) is 4.89. The number of carbonyl (C=O) groups excluding carboxylic acids is 1. The highest BCUT2D eigenvalue weighted by Crippen LogP contribution is 2.23. The topological polar surface area (TPSA) is 43.3 Å². The van der Waals surface area contributed by atoms with E-state index in [1.54, 1.807) is 0 Å². The summed E-state index contributed by atoms with van der Waals surface area (Å²) in [6.07, 6.45) is 4.17. The number of fused-ring (bicyclic) bond motifs is 1. The van der Waals surface area contributed by atoms with Crippen LogP contribution in [-0.4, -0.2) is 23.1 Å². The number of benzene rings is 1. The molecule has 1 aromatic carbocycles. The summed E-state index contributed by atoms with van der Waals surface area (Å²) in [5, 5.41) is 4.02. The predicted molar refractivity (Wildman–Crippen MR) is 74.1 cm³/mol. The number of nitrogens with one attached hydrogen (secondary N) is 1. The molecule has 0 saturated heterocycles. The fraction of sp³-hybridized carbons (Fsp3) is 0.400. The van der Waals surface area contributed by atoms with Gasteiger partial charge in [-0.05, 0) is 38.0 Å². The first-order valence-corrected chi connectivity index (χ1v) is 6.76. The van der Waals surface area contributed by atoms with Gasteiger partial charge in [-0.3, -0.25) is 4.79 Å². The first-order valence-electron chi connectivity index (χ1n) is 6.76. The largest absolute Gasteiger partial charge is 0.361 e. The van der Waals surface area contributed by atoms with Gasteiger partial charge in [-0.2, -0.15) is 0 Å². The van der Waals surface area contributed by atoms with Crippen molar-refractivity contribution in [2.75, 3.05) is 6.61 Å². The molecule has 1 aliphatic carbocycles. The van der Waals surface area contributed by atoms with Crippen LogP contribution in [0.15, 0.2) is 30.5 Å². The molecule has 0 spiro atoms. The van der Waals surface area contributed by atoms with Gasteiger partial charge in [0, 0.05) is 29.8 Å². The quantitative estimate of drug-likeness (QED) is 0.895. The standard InChI is InChI=1S/C15H18N2O2/c1-2-19-10-17-9-8-12-13(4-3-5-14(12)17)15(18)16-11-6-7-11/h3-5,8-9,11H,2,6-7,10H2,1H3,(H,16,18). The summed E-state index contributed by atoms with van der Waals surface area (Å²) in [5.74, 6) is 0.0299. The Labute approximate surface area is 112 Å². The molecule has 0 radical (unpaired) electrons. The Hall–Kier alpha value is -1.81. The lowest BCUT2D eigenvalue weighted by molar-refractivity contribution is 0.0908. The minimum Gasteiger partial charge on any atom is -0.361 e. The minimum atomic E-state index is 0.0299. The van der Waals surface area contributed by atoms with Crippen molar-refractivity contribution in [2.24, 2.45) is 0 Å². The molecule has 2 aromatic rings. The molecule has 4 nitrogen and oxygen atoms in total. The van der Waals surface area contributed by atoms with E-state index < -0.39 is 0 Å². The van der Waals surface area contributed by atoms with Crippen molar-refractivity contribution < 1.29 is 9.53 Å². The maximum atomic E-state index is 12.2. The van der Waals surface area contributed by atoms with E-state index in [0.29, 0.717) is 19.4 Å². The lowest BCUT2D eigenvalue weighted by atomic mass is 10.1. The van der Waals surface area contributed by atoms with E-state index in [-0.39, 0.29) is 5.91 Å². The Morgan fingerprint density at radius 3 is 3.00 bits per heavy atom. The Morgan fingerprint density at radius 2 is 2.26 bits per heavy atom. The molecule has 1 N–H and O–H groups in total. The number of amides is 1. The van der Waals surface area contributed by atoms with Crippen molar-refractivity contribution in [3.8, 4) is 0 Å². The van der Waals surface area contributed by atoms with E-state index in [1.165, 1.54) is 0 Å². The second-order valence-electron chi connectivity index (χ2n) is 4.89. The zero-order chi connectivity index (χ0) is 13.2. The highest BCUT2D eigenvalue weighted by molar-refractivity contribution is 6.06. The number of ether oxygens (including phenoxy) is 1. The van der Waals surface area contributed by atoms with Crippen LogP contribution in [0.1, 0.15) is 30.1 Å². The normalized spacial score (nSPS) is 14.8. The van der Waals surface area contributed by atoms with Gasteiger partial charge in [0.05, 0.1) is 5.52 Å². The number of hydrogen-bond donors (Lipinski definition) is 1. The van der Waals surface area contributed by atoms with Crippen LogP contribution in [0, 0.1) is 0 Å². The van der Waals surface area contributed by atoms with E-state index >= 15 is 0 Å². The van der Waals surface area contributed by atoms with Crippen LogP contribution in [-0.2, 0) is 11.5 Å². The molecular weight excluding hydrogens is 240 g/mol. The molecule has 1 fully saturated rings. The third-order valence-electron chi connectivity index (χ3n) is 3.41. The van der Waals surface area contributed by atoms with Gasteiger partial charge in [0.15, 0.2) is 0 Å². The zero-order valence-corrected chi connectivity index (χ0v) is 11.1. The van der Waals surface area contributed by atoms with Crippen LogP contribution in [0.4, 0.5) is 0 Å². The number of aromatic nitrogens is 1. The summed E-state index contributed by atoms with van der Waals surface area (Å²) in [5.41, 5.74) is 1.79. The van der Waals surface area contributed by atoms with Crippen molar-refractivity contribution >= 4 is 16.8 Å². The van der Waals surface area contributed by atoms with Crippen LogP contribution in [0.2, 0.25) is 0 Å². The van der Waals surface area contributed by atoms with Crippen molar-refractivity contribution in [3.63, 3.8) is 0 Å². The van der Waals surface area contributed by atoms with Crippen molar-refractivity contribution in [1.29, 1.82) is 0 Å². The van der Waals surface area contributed by atoms with Crippen LogP contribution in [0.25, 0.3) is 10.9 Å². The third-order valence-corrected chi connectivity index (χ3v) is 3.41. The molecule has 19 heavy (non-hydrogen) atoms. The van der Waals surface area contributed by atoms with Gasteiger partial charge in [-0.25, -0.2) is 0 Å². The fourth-order valence-electron chi connectivity index (χ4n) is 2.21. The van der Waals surface area contributed by atoms with Gasteiger partial charge < -0.3 is 14.6 Å². The average molecular weight is 258 g/mol. The van der Waals surface area contributed by atoms with Crippen molar-refractivity contribution in [2.45, 2.75) is 32.5 Å². The lowest BCUT2D eigenvalue weighted by Gasteiger charge is -2.07. The van der Waals surface area contributed by atoms with Crippen molar-refractivity contribution in [1.82, 2.24) is 9.88 Å². The van der Waals surface area contributed by atoms with E-state index in [0.717, 1.165) is 29.3 Å². The molecule has 4 heteroatoms. The zero-order valence-electron chi connectivity index (χ0n) is 11.1. The summed E-state index contributed by atoms with van der Waals surface area (Å²) < 4.78 is 7.44. The van der Waals surface area contributed by atoms with Gasteiger partial charge >= 0.3 is 0 Å². The van der Waals surface area contributed by atoms with Gasteiger partial charge in [-0.15, -0.1) is 0 Å². The summed E-state index contributed by atoms with van der Waals surface area (Å²) in [4.78, 5) is 12.2. The SMILES string of the molecule is CCOCn1ccc2c(C(=O)NC3CC3)cccc21. The number of carbonyl (C=O) groups is 1. The van der Waals surface area contributed by atoms with Crippen LogP contribution >= 0.6 is 0 Å². The molecular formula is C15H18N2O2. The first kappa shape index (κ1) is 12.2. The molecule has 0 aliphatic heterocycles. The molecule has 3 rings (SSSR count). The Morgan fingerprint density at radius 1 is 1.42 bits per heavy atom.